The molecule has 144 valence electrons. The van der Waals surface area contributed by atoms with Crippen molar-refractivity contribution >= 4 is 31.0 Å². The second-order valence-electron chi connectivity index (χ2n) is 5.03. The van der Waals surface area contributed by atoms with Gasteiger partial charge in [0, 0.05) is 22.8 Å². The van der Waals surface area contributed by atoms with Crippen molar-refractivity contribution in [2.75, 3.05) is 6.61 Å². The van der Waals surface area contributed by atoms with Crippen molar-refractivity contribution in [1.29, 1.82) is 0 Å². The summed E-state index contributed by atoms with van der Waals surface area (Å²) in [5.41, 5.74) is 0. The first-order chi connectivity index (χ1) is 10.6. The van der Waals surface area contributed by atoms with E-state index in [9.17, 15) is 25.2 Å². The zero-order valence-electron chi connectivity index (χ0n) is 13.1. The van der Waals surface area contributed by atoms with Crippen LogP contribution in [0, 0.1) is 5.92 Å². The number of rotatable bonds is 7. The fraction of sp³-hybridized carbons (Fsp3) is 0.615. The fourth-order valence-electron chi connectivity index (χ4n) is 1.61. The van der Waals surface area contributed by atoms with Crippen molar-refractivity contribution in [3.63, 3.8) is 0 Å². The predicted molar refractivity (Wildman–Crippen MR) is 85.0 cm³/mol. The van der Waals surface area contributed by atoms with Gasteiger partial charge in [-0.25, -0.2) is 0 Å². The number of hydrogen-bond acceptors (Lipinski definition) is 1. The minimum absolute atomic E-state index is 0.00555. The molecule has 24 heavy (non-hydrogen) atoms. The third kappa shape index (κ3) is 15.1. The van der Waals surface area contributed by atoms with Crippen LogP contribution in [-0.4, -0.2) is 17.4 Å². The Labute approximate surface area is 146 Å². The summed E-state index contributed by atoms with van der Waals surface area (Å²) in [6, 6.07) is 5.80. The predicted octanol–water partition coefficient (Wildman–Crippen LogP) is 6.44. The van der Waals surface area contributed by atoms with Crippen molar-refractivity contribution in [1.82, 2.24) is 0 Å². The molecule has 0 spiro atoms. The summed E-state index contributed by atoms with van der Waals surface area (Å²) >= 11 is 12.5. The molecule has 1 aromatic rings. The molecule has 0 N–H and O–H groups in total. The number of halogens is 8. The molecule has 0 aliphatic rings. The number of alkyl halides is 2. The first kappa shape index (κ1) is 23.5. The molecule has 11 heteroatoms. The Hall–Kier alpha value is -0.460. The first-order valence-corrected chi connectivity index (χ1v) is 9.98. The Morgan fingerprint density at radius 3 is 1.75 bits per heavy atom. The van der Waals surface area contributed by atoms with E-state index in [0.29, 0.717) is 6.61 Å². The Morgan fingerprint density at radius 2 is 1.38 bits per heavy atom. The first-order valence-electron chi connectivity index (χ1n) is 7.08. The van der Waals surface area contributed by atoms with E-state index in [1.165, 1.54) is 0 Å². The van der Waals surface area contributed by atoms with Crippen LogP contribution in [0.1, 0.15) is 26.7 Å². The van der Waals surface area contributed by atoms with Gasteiger partial charge in [-0.15, -0.1) is 23.2 Å². The topological polar surface area (TPSA) is 13.1 Å². The summed E-state index contributed by atoms with van der Waals surface area (Å²) in [5.74, 6) is 0.270. The third-order valence-electron chi connectivity index (χ3n) is 2.84. The summed E-state index contributed by atoms with van der Waals surface area (Å²) in [4.78, 5) is 5.65. The Balaban J connectivity index is 0.000000640. The van der Waals surface area contributed by atoms with Gasteiger partial charge in [-0.1, -0.05) is 19.9 Å². The quantitative estimate of drug-likeness (QED) is 0.214. The molecule has 1 rings (SSSR count). The summed E-state index contributed by atoms with van der Waals surface area (Å²) in [5, 5.41) is -0.0398. The van der Waals surface area contributed by atoms with Crippen LogP contribution in [0.4, 0.5) is 25.2 Å². The van der Waals surface area contributed by atoms with E-state index in [4.69, 9.17) is 28.0 Å². The maximum absolute atomic E-state index is 10.7. The number of nitrogens with zero attached hydrogens (tertiary/aromatic N) is 1. The Morgan fingerprint density at radius 1 is 0.917 bits per heavy atom. The van der Waals surface area contributed by atoms with Gasteiger partial charge >= 0.3 is 33.0 Å². The summed E-state index contributed by atoms with van der Waals surface area (Å²) in [6.07, 6.45) is 5.58. The number of hydrogen-bond donors (Lipinski definition) is 0. The molecule has 1 heterocycles. The van der Waals surface area contributed by atoms with Gasteiger partial charge in [0.05, 0.1) is 10.8 Å². The van der Waals surface area contributed by atoms with Crippen molar-refractivity contribution in [3.8, 4) is 0 Å². The van der Waals surface area contributed by atoms with Crippen molar-refractivity contribution in [2.45, 2.75) is 37.4 Å². The van der Waals surface area contributed by atoms with Crippen LogP contribution >= 0.6 is 31.0 Å². The third-order valence-corrected chi connectivity index (χ3v) is 4.21. The van der Waals surface area contributed by atoms with Gasteiger partial charge in [0.25, 0.3) is 0 Å². The number of pyridine rings is 1. The molecule has 3 atom stereocenters. The van der Waals surface area contributed by atoms with E-state index in [2.05, 4.69) is 6.92 Å². The molecule has 0 saturated heterocycles. The van der Waals surface area contributed by atoms with Crippen molar-refractivity contribution < 1.29 is 34.7 Å². The molecule has 3 unspecified atom stereocenters. The Kier molecular flexibility index (Phi) is 8.12. The maximum atomic E-state index is 9.87. The average molecular weight is 422 g/mol. The van der Waals surface area contributed by atoms with Gasteiger partial charge in [0.1, 0.15) is 0 Å². The van der Waals surface area contributed by atoms with Gasteiger partial charge in [0.2, 0.25) is 12.4 Å². The minimum atomic E-state index is -10.7. The zero-order valence-corrected chi connectivity index (χ0v) is 15.5. The van der Waals surface area contributed by atoms with E-state index < -0.39 is 7.81 Å². The second kappa shape index (κ2) is 8.28. The van der Waals surface area contributed by atoms with Crippen LogP contribution in [0.25, 0.3) is 0 Å². The second-order valence-corrected chi connectivity index (χ2v) is 8.01. The van der Waals surface area contributed by atoms with Crippen LogP contribution in [0.5, 0.6) is 0 Å². The SMILES string of the molecule is CCC(Cl)C(Cl)C(CC)CO[n+]1ccccc1.F[P-](F)(F)(F)(F)F. The van der Waals surface area contributed by atoms with Gasteiger partial charge in [-0.3, -0.25) is 4.84 Å². The van der Waals surface area contributed by atoms with Crippen LogP contribution in [0.2, 0.25) is 0 Å². The zero-order chi connectivity index (χ0) is 19.1. The van der Waals surface area contributed by atoms with Crippen LogP contribution < -0.4 is 9.57 Å². The molecule has 0 aliphatic carbocycles. The molecule has 1 aromatic heterocycles. The summed E-state index contributed by atoms with van der Waals surface area (Å²) < 4.78 is 60.9. The number of aromatic nitrogens is 1. The molecular weight excluding hydrogens is 402 g/mol. The molecular formula is C13H20Cl2F6NOP. The average Bonchev–Trinajstić information content (AvgIpc) is 2.44. The standard InChI is InChI=1S/C13H20Cl2NO.F6P/c1-3-11(13(15)12(14)4-2)10-17-16-8-6-5-7-9-16;1-7(2,3,4,5)6/h5-9,11-13H,3-4,10H2,1-2H3;/q+1;-1. The monoisotopic (exact) mass is 421 g/mol. The normalized spacial score (nSPS) is 18.2. The fourth-order valence-corrected chi connectivity index (χ4v) is 2.24. The molecule has 0 fully saturated rings. The molecule has 0 saturated carbocycles. The molecule has 0 aromatic carbocycles. The van der Waals surface area contributed by atoms with E-state index in [1.807, 2.05) is 37.5 Å². The summed E-state index contributed by atoms with van der Waals surface area (Å²) in [6.45, 7) is 4.74. The van der Waals surface area contributed by atoms with Crippen molar-refractivity contribution in [2.24, 2.45) is 5.92 Å². The van der Waals surface area contributed by atoms with E-state index in [0.717, 1.165) is 12.8 Å². The van der Waals surface area contributed by atoms with E-state index in [-0.39, 0.29) is 16.7 Å². The molecule has 2 nitrogen and oxygen atoms in total. The van der Waals surface area contributed by atoms with Gasteiger partial charge in [-0.05, 0) is 12.8 Å². The van der Waals surface area contributed by atoms with Gasteiger partial charge in [-0.2, -0.15) is 0 Å². The van der Waals surface area contributed by atoms with Gasteiger partial charge < -0.3 is 0 Å². The van der Waals surface area contributed by atoms with E-state index in [1.54, 1.807) is 4.73 Å². The molecule has 0 aliphatic heterocycles. The van der Waals surface area contributed by atoms with E-state index >= 15 is 0 Å². The Bertz CT molecular complexity index is 476. The summed E-state index contributed by atoms with van der Waals surface area (Å²) in [7, 11) is -10.7. The molecule has 0 bridgehead atoms. The van der Waals surface area contributed by atoms with Crippen LogP contribution in [-0.2, 0) is 0 Å². The van der Waals surface area contributed by atoms with Crippen LogP contribution in [0.3, 0.4) is 0 Å². The molecule has 0 radical (unpaired) electrons. The van der Waals surface area contributed by atoms with Crippen LogP contribution in [0.15, 0.2) is 30.6 Å². The van der Waals surface area contributed by atoms with Crippen molar-refractivity contribution in [3.05, 3.63) is 30.6 Å². The van der Waals surface area contributed by atoms with Gasteiger partial charge in [0.15, 0.2) is 6.61 Å². The molecule has 0 amide bonds.